The number of fused-ring (bicyclic) bond motifs is 1. The third-order valence-corrected chi connectivity index (χ3v) is 3.42. The van der Waals surface area contributed by atoms with E-state index in [-0.39, 0.29) is 5.56 Å². The molecule has 0 aliphatic carbocycles. The van der Waals surface area contributed by atoms with E-state index in [9.17, 15) is 4.79 Å². The minimum absolute atomic E-state index is 0.205. The van der Waals surface area contributed by atoms with Gasteiger partial charge in [-0.15, -0.1) is 0 Å². The zero-order chi connectivity index (χ0) is 15.5. The fraction of sp³-hybridized carbons (Fsp3) is 0.188. The van der Waals surface area contributed by atoms with Crippen LogP contribution in [0.5, 0.6) is 0 Å². The fourth-order valence-electron chi connectivity index (χ4n) is 2.42. The number of hydrogen-bond acceptors (Lipinski definition) is 3. The van der Waals surface area contributed by atoms with Crippen LogP contribution in [0, 0.1) is 0 Å². The number of H-pyrrole nitrogens is 3. The summed E-state index contributed by atoms with van der Waals surface area (Å²) in [7, 11) is 1.64. The Morgan fingerprint density at radius 2 is 2.09 bits per heavy atom. The highest BCUT2D eigenvalue weighted by Crippen LogP contribution is 2.17. The lowest BCUT2D eigenvalue weighted by atomic mass is 10.2. The van der Waals surface area contributed by atoms with Gasteiger partial charge in [0.2, 0.25) is 0 Å². The van der Waals surface area contributed by atoms with Gasteiger partial charge in [0.25, 0.3) is 5.56 Å². The van der Waals surface area contributed by atoms with Crippen LogP contribution in [-0.2, 0) is 4.74 Å². The molecule has 0 radical (unpaired) electrons. The first kappa shape index (κ1) is 14.2. The maximum absolute atomic E-state index is 12.1. The molecule has 2 aromatic heterocycles. The first-order valence-electron chi connectivity index (χ1n) is 7.01. The van der Waals surface area contributed by atoms with Gasteiger partial charge in [-0.3, -0.25) is 4.79 Å². The second-order valence-corrected chi connectivity index (χ2v) is 5.00. The summed E-state index contributed by atoms with van der Waals surface area (Å²) < 4.78 is 5.06. The van der Waals surface area contributed by atoms with E-state index in [1.54, 1.807) is 7.11 Å². The molecule has 22 heavy (non-hydrogen) atoms. The van der Waals surface area contributed by atoms with Gasteiger partial charge in [0, 0.05) is 24.6 Å². The fourth-order valence-corrected chi connectivity index (χ4v) is 2.42. The maximum Gasteiger partial charge on any atom is 0.275 e. The maximum atomic E-state index is 12.1. The summed E-state index contributed by atoms with van der Waals surface area (Å²) in [4.78, 5) is 21.0. The van der Waals surface area contributed by atoms with E-state index in [0.29, 0.717) is 29.7 Å². The van der Waals surface area contributed by atoms with E-state index in [4.69, 9.17) is 4.74 Å². The molecule has 0 bridgehead atoms. The molecule has 114 valence electrons. The molecule has 0 spiro atoms. The second-order valence-electron chi connectivity index (χ2n) is 5.00. The van der Waals surface area contributed by atoms with Crippen LogP contribution in [0.15, 0.2) is 35.1 Å². The quantitative estimate of drug-likeness (QED) is 0.500. The highest BCUT2D eigenvalue weighted by molar-refractivity contribution is 5.84. The SMILES string of the molecule is C=c1[nH]c(=O)/c(=C(\NCCOC)c2cc3ccccc3[nH]2)[nH]1. The summed E-state index contributed by atoms with van der Waals surface area (Å²) in [6.45, 7) is 4.86. The Bertz CT molecular complexity index is 915. The summed E-state index contributed by atoms with van der Waals surface area (Å²) in [6, 6.07) is 9.97. The number of benzene rings is 1. The Balaban J connectivity index is 2.17. The van der Waals surface area contributed by atoms with Crippen LogP contribution in [0.25, 0.3) is 23.2 Å². The van der Waals surface area contributed by atoms with Gasteiger partial charge in [-0.25, -0.2) is 0 Å². The largest absolute Gasteiger partial charge is 0.383 e. The number of hydrogen-bond donors (Lipinski definition) is 4. The number of nitrogens with one attached hydrogen (secondary N) is 4. The van der Waals surface area contributed by atoms with E-state index in [2.05, 4.69) is 26.8 Å². The van der Waals surface area contributed by atoms with Crippen molar-refractivity contribution in [1.82, 2.24) is 20.3 Å². The third kappa shape index (κ3) is 2.68. The zero-order valence-electron chi connectivity index (χ0n) is 12.3. The van der Waals surface area contributed by atoms with Crippen LogP contribution in [0.1, 0.15) is 5.69 Å². The molecule has 2 heterocycles. The van der Waals surface area contributed by atoms with Gasteiger partial charge in [-0.2, -0.15) is 0 Å². The van der Waals surface area contributed by atoms with E-state index in [0.717, 1.165) is 16.6 Å². The lowest BCUT2D eigenvalue weighted by Crippen LogP contribution is -2.33. The molecular formula is C16H18N4O2. The molecule has 4 N–H and O–H groups in total. The van der Waals surface area contributed by atoms with Crippen LogP contribution in [0.3, 0.4) is 0 Å². The van der Waals surface area contributed by atoms with Crippen molar-refractivity contribution in [3.05, 3.63) is 57.2 Å². The molecule has 1 aromatic carbocycles. The normalized spacial score (nSPS) is 12.6. The number of rotatable bonds is 5. The van der Waals surface area contributed by atoms with Crippen LogP contribution in [0.4, 0.5) is 0 Å². The van der Waals surface area contributed by atoms with Crippen LogP contribution in [-0.4, -0.2) is 35.2 Å². The summed E-state index contributed by atoms with van der Waals surface area (Å²) in [6.07, 6.45) is 0. The van der Waals surface area contributed by atoms with Gasteiger partial charge >= 0.3 is 0 Å². The molecule has 0 amide bonds. The third-order valence-electron chi connectivity index (χ3n) is 3.42. The predicted molar refractivity (Wildman–Crippen MR) is 86.9 cm³/mol. The van der Waals surface area contributed by atoms with Gasteiger partial charge in [-0.1, -0.05) is 24.8 Å². The smallest absolute Gasteiger partial charge is 0.275 e. The molecular weight excluding hydrogens is 280 g/mol. The van der Waals surface area contributed by atoms with Crippen molar-refractivity contribution >= 4 is 23.2 Å². The minimum Gasteiger partial charge on any atom is -0.383 e. The van der Waals surface area contributed by atoms with E-state index < -0.39 is 0 Å². The van der Waals surface area contributed by atoms with Gasteiger partial charge in [0.15, 0.2) is 0 Å². The molecule has 0 atom stereocenters. The molecule has 3 aromatic rings. The van der Waals surface area contributed by atoms with E-state index in [1.165, 1.54) is 0 Å². The standard InChI is InChI=1S/C16H18N4O2/c1-10-18-15(16(21)19-10)14(17-7-8-22-2)13-9-11-5-3-4-6-12(11)20-13/h3-6,9,17-18,20H,1,7-8H2,2H3,(H,19,21)/b15-14+. The number of imidazole rings is 1. The molecule has 0 saturated heterocycles. The van der Waals surface area contributed by atoms with Crippen molar-refractivity contribution in [2.45, 2.75) is 0 Å². The Morgan fingerprint density at radius 3 is 2.77 bits per heavy atom. The number of methoxy groups -OCH3 is 1. The van der Waals surface area contributed by atoms with Crippen molar-refractivity contribution in [2.75, 3.05) is 20.3 Å². The van der Waals surface area contributed by atoms with Crippen LogP contribution in [0.2, 0.25) is 0 Å². The number of aromatic amines is 3. The predicted octanol–water partition coefficient (Wildman–Crippen LogP) is -0.0129. The first-order valence-corrected chi connectivity index (χ1v) is 7.01. The van der Waals surface area contributed by atoms with Crippen LogP contribution >= 0.6 is 0 Å². The molecule has 0 unspecified atom stereocenters. The van der Waals surface area contributed by atoms with Gasteiger partial charge in [-0.05, 0) is 12.1 Å². The zero-order valence-corrected chi connectivity index (χ0v) is 12.3. The lowest BCUT2D eigenvalue weighted by Gasteiger charge is -2.08. The Labute approximate surface area is 126 Å². The molecule has 6 heteroatoms. The van der Waals surface area contributed by atoms with Gasteiger partial charge in [0.1, 0.15) is 10.8 Å². The van der Waals surface area contributed by atoms with Crippen LogP contribution < -0.4 is 21.7 Å². The van der Waals surface area contributed by atoms with Crippen molar-refractivity contribution < 1.29 is 4.74 Å². The molecule has 6 nitrogen and oxygen atoms in total. The van der Waals surface area contributed by atoms with Crippen molar-refractivity contribution in [3.63, 3.8) is 0 Å². The molecule has 0 aliphatic rings. The first-order chi connectivity index (χ1) is 10.7. The summed E-state index contributed by atoms with van der Waals surface area (Å²) in [5.74, 6) is 0. The summed E-state index contributed by atoms with van der Waals surface area (Å²) in [5.41, 5.74) is 2.82. The van der Waals surface area contributed by atoms with Gasteiger partial charge in [0.05, 0.1) is 18.0 Å². The van der Waals surface area contributed by atoms with Crippen molar-refractivity contribution in [1.29, 1.82) is 0 Å². The van der Waals surface area contributed by atoms with Crippen molar-refractivity contribution in [2.24, 2.45) is 0 Å². The van der Waals surface area contributed by atoms with Gasteiger partial charge < -0.3 is 25.0 Å². The highest BCUT2D eigenvalue weighted by atomic mass is 16.5. The molecule has 0 saturated carbocycles. The molecule has 3 rings (SSSR count). The Kier molecular flexibility index (Phi) is 3.84. The highest BCUT2D eigenvalue weighted by Gasteiger charge is 2.09. The minimum atomic E-state index is -0.205. The topological polar surface area (TPSA) is 85.7 Å². The summed E-state index contributed by atoms with van der Waals surface area (Å²) >= 11 is 0. The average molecular weight is 298 g/mol. The Morgan fingerprint density at radius 1 is 1.27 bits per heavy atom. The number of aromatic nitrogens is 3. The average Bonchev–Trinajstić information content (AvgIpc) is 3.06. The number of ether oxygens (including phenoxy) is 1. The molecule has 0 aliphatic heterocycles. The number of para-hydroxylation sites is 1. The van der Waals surface area contributed by atoms with E-state index >= 15 is 0 Å². The molecule has 0 fully saturated rings. The van der Waals surface area contributed by atoms with E-state index in [1.807, 2.05) is 30.3 Å². The monoisotopic (exact) mass is 298 g/mol. The summed E-state index contributed by atoms with van der Waals surface area (Å²) in [5, 5.41) is 4.79. The Hall–Kier alpha value is -2.73. The second kappa shape index (κ2) is 5.95. The van der Waals surface area contributed by atoms with Crippen molar-refractivity contribution in [3.8, 4) is 0 Å². The lowest BCUT2D eigenvalue weighted by molar-refractivity contribution is 0.203.